The third-order valence-electron chi connectivity index (χ3n) is 5.66. The van der Waals surface area contributed by atoms with Gasteiger partial charge < -0.3 is 0 Å². The molecule has 3 heterocycles. The Labute approximate surface area is 190 Å². The number of hydrogen-bond donors (Lipinski definition) is 1. The van der Waals surface area contributed by atoms with E-state index >= 15 is 0 Å². The van der Waals surface area contributed by atoms with Crippen LogP contribution in [-0.2, 0) is 17.1 Å². The van der Waals surface area contributed by atoms with E-state index in [0.717, 1.165) is 27.5 Å². The first-order valence-corrected chi connectivity index (χ1v) is 12.0. The molecule has 0 amide bonds. The molecule has 2 aromatic carbocycles. The van der Waals surface area contributed by atoms with Crippen LogP contribution in [0.1, 0.15) is 6.92 Å². The zero-order valence-corrected chi connectivity index (χ0v) is 18.9. The van der Waals surface area contributed by atoms with Crippen LogP contribution in [0.15, 0.2) is 78.0 Å². The number of nitrogens with one attached hydrogen (secondary N) is 1. The number of benzene rings is 2. The molecule has 33 heavy (non-hydrogen) atoms. The number of fused-ring (bicyclic) bond motifs is 3. The fourth-order valence-corrected chi connectivity index (χ4v) is 4.52. The van der Waals surface area contributed by atoms with E-state index in [2.05, 4.69) is 14.7 Å². The number of nitrogens with zero attached hydrogens (tertiary/aromatic N) is 4. The molecule has 0 unspecified atom stereocenters. The molecule has 0 bridgehead atoms. The Morgan fingerprint density at radius 3 is 2.48 bits per heavy atom. The molecule has 5 rings (SSSR count). The standard InChI is InChI=1S/C24H21N5O3S/c1-3-33(31,32)27-18-7-9-19(10-8-18)29-23-20-13-16(17-5-4-12-25-14-17)6-11-21(20)26-15-22(23)28(2)24(29)30/h4-15,27H,3H2,1-2H3. The summed E-state index contributed by atoms with van der Waals surface area (Å²) in [5, 5.41) is 0.835. The second kappa shape index (κ2) is 7.86. The van der Waals surface area contributed by atoms with Crippen LogP contribution >= 0.6 is 0 Å². The summed E-state index contributed by atoms with van der Waals surface area (Å²) in [5.41, 5.74) is 5.00. The molecule has 0 fully saturated rings. The Balaban J connectivity index is 1.73. The zero-order chi connectivity index (χ0) is 23.2. The normalized spacial score (nSPS) is 11.8. The molecular weight excluding hydrogens is 438 g/mol. The highest BCUT2D eigenvalue weighted by Crippen LogP contribution is 2.29. The second-order valence-electron chi connectivity index (χ2n) is 7.70. The molecule has 0 atom stereocenters. The molecule has 9 heteroatoms. The third-order valence-corrected chi connectivity index (χ3v) is 6.96. The lowest BCUT2D eigenvalue weighted by Crippen LogP contribution is -2.21. The molecule has 3 aromatic heterocycles. The molecule has 0 radical (unpaired) electrons. The SMILES string of the molecule is CCS(=O)(=O)Nc1ccc(-n2c(=O)n(C)c3cnc4ccc(-c5cccnc5)cc4c32)cc1. The number of imidazole rings is 1. The highest BCUT2D eigenvalue weighted by Gasteiger charge is 2.17. The van der Waals surface area contributed by atoms with Crippen molar-refractivity contribution < 1.29 is 8.42 Å². The number of rotatable bonds is 5. The number of sulfonamides is 1. The van der Waals surface area contributed by atoms with Gasteiger partial charge in [0.25, 0.3) is 0 Å². The van der Waals surface area contributed by atoms with E-state index in [4.69, 9.17) is 0 Å². The first kappa shape index (κ1) is 20.9. The monoisotopic (exact) mass is 459 g/mol. The molecule has 5 aromatic rings. The topological polar surface area (TPSA) is 98.9 Å². The average Bonchev–Trinajstić information content (AvgIpc) is 3.10. The number of aryl methyl sites for hydroxylation is 1. The minimum absolute atomic E-state index is 0.0181. The van der Waals surface area contributed by atoms with E-state index in [1.54, 1.807) is 66.0 Å². The summed E-state index contributed by atoms with van der Waals surface area (Å²) >= 11 is 0. The van der Waals surface area contributed by atoms with E-state index in [9.17, 15) is 13.2 Å². The maximum absolute atomic E-state index is 13.2. The largest absolute Gasteiger partial charge is 0.333 e. The predicted molar refractivity (Wildman–Crippen MR) is 130 cm³/mol. The Morgan fingerprint density at radius 2 is 1.79 bits per heavy atom. The van der Waals surface area contributed by atoms with Crippen LogP contribution in [0.4, 0.5) is 5.69 Å². The van der Waals surface area contributed by atoms with Crippen molar-refractivity contribution >= 4 is 37.6 Å². The second-order valence-corrected chi connectivity index (χ2v) is 9.71. The van der Waals surface area contributed by atoms with Crippen molar-refractivity contribution in [2.24, 2.45) is 7.05 Å². The highest BCUT2D eigenvalue weighted by atomic mass is 32.2. The van der Waals surface area contributed by atoms with Gasteiger partial charge in [-0.2, -0.15) is 0 Å². The molecule has 0 spiro atoms. The molecule has 0 aliphatic carbocycles. The first-order chi connectivity index (χ1) is 15.9. The van der Waals surface area contributed by atoms with Gasteiger partial charge in [0.2, 0.25) is 10.0 Å². The number of pyridine rings is 2. The van der Waals surface area contributed by atoms with Gasteiger partial charge in [0.1, 0.15) is 0 Å². The third kappa shape index (κ3) is 3.66. The van der Waals surface area contributed by atoms with E-state index in [1.165, 1.54) is 0 Å². The summed E-state index contributed by atoms with van der Waals surface area (Å²) in [6.45, 7) is 1.57. The van der Waals surface area contributed by atoms with Crippen molar-refractivity contribution in [3.05, 3.63) is 83.7 Å². The Bertz CT molecular complexity index is 1650. The van der Waals surface area contributed by atoms with Crippen LogP contribution in [-0.4, -0.2) is 33.3 Å². The van der Waals surface area contributed by atoms with Gasteiger partial charge in [-0.15, -0.1) is 0 Å². The quantitative estimate of drug-likeness (QED) is 0.432. The van der Waals surface area contributed by atoms with Crippen LogP contribution in [0, 0.1) is 0 Å². The number of anilines is 1. The van der Waals surface area contributed by atoms with Gasteiger partial charge in [0.15, 0.2) is 0 Å². The molecule has 0 saturated heterocycles. The Kier molecular flexibility index (Phi) is 4.98. The Hall–Kier alpha value is -3.98. The van der Waals surface area contributed by atoms with E-state index < -0.39 is 10.0 Å². The van der Waals surface area contributed by atoms with Crippen molar-refractivity contribution in [2.45, 2.75) is 6.92 Å². The summed E-state index contributed by atoms with van der Waals surface area (Å²) < 4.78 is 29.5. The minimum atomic E-state index is -3.38. The summed E-state index contributed by atoms with van der Waals surface area (Å²) in [6.07, 6.45) is 5.22. The van der Waals surface area contributed by atoms with Crippen molar-refractivity contribution in [3.63, 3.8) is 0 Å². The summed E-state index contributed by atoms with van der Waals surface area (Å²) in [7, 11) is -1.67. The lowest BCUT2D eigenvalue weighted by Gasteiger charge is -2.10. The number of hydrogen-bond acceptors (Lipinski definition) is 5. The van der Waals surface area contributed by atoms with Crippen LogP contribution in [0.3, 0.4) is 0 Å². The molecule has 166 valence electrons. The zero-order valence-electron chi connectivity index (χ0n) is 18.1. The number of aromatic nitrogens is 4. The van der Waals surface area contributed by atoms with Crippen LogP contribution in [0.25, 0.3) is 38.8 Å². The van der Waals surface area contributed by atoms with Gasteiger partial charge in [-0.05, 0) is 55.0 Å². The average molecular weight is 460 g/mol. The first-order valence-electron chi connectivity index (χ1n) is 10.4. The van der Waals surface area contributed by atoms with Gasteiger partial charge in [-0.1, -0.05) is 12.1 Å². The molecule has 0 saturated carbocycles. The lowest BCUT2D eigenvalue weighted by atomic mass is 10.0. The maximum atomic E-state index is 13.2. The van der Waals surface area contributed by atoms with Gasteiger partial charge in [-0.25, -0.2) is 13.2 Å². The van der Waals surface area contributed by atoms with Gasteiger partial charge in [0.05, 0.1) is 34.2 Å². The van der Waals surface area contributed by atoms with Crippen LogP contribution in [0.5, 0.6) is 0 Å². The molecule has 0 aliphatic rings. The minimum Gasteiger partial charge on any atom is -0.293 e. The maximum Gasteiger partial charge on any atom is 0.333 e. The predicted octanol–water partition coefficient (Wildman–Crippen LogP) is 3.70. The molecular formula is C24H21N5O3S. The van der Waals surface area contributed by atoms with Crippen LogP contribution < -0.4 is 10.4 Å². The summed E-state index contributed by atoms with van der Waals surface area (Å²) in [4.78, 5) is 22.0. The molecule has 0 aliphatic heterocycles. The highest BCUT2D eigenvalue weighted by molar-refractivity contribution is 7.92. The fourth-order valence-electron chi connectivity index (χ4n) is 3.88. The van der Waals surface area contributed by atoms with Gasteiger partial charge >= 0.3 is 5.69 Å². The van der Waals surface area contributed by atoms with E-state index in [0.29, 0.717) is 16.9 Å². The van der Waals surface area contributed by atoms with Crippen molar-refractivity contribution in [2.75, 3.05) is 10.5 Å². The lowest BCUT2D eigenvalue weighted by molar-refractivity contribution is 0.602. The molecule has 8 nitrogen and oxygen atoms in total. The fraction of sp³-hybridized carbons (Fsp3) is 0.125. The van der Waals surface area contributed by atoms with Crippen molar-refractivity contribution in [1.29, 1.82) is 0 Å². The summed E-state index contributed by atoms with van der Waals surface area (Å²) in [5.74, 6) is -0.0181. The van der Waals surface area contributed by atoms with Crippen LogP contribution in [0.2, 0.25) is 0 Å². The van der Waals surface area contributed by atoms with Crippen molar-refractivity contribution in [3.8, 4) is 16.8 Å². The Morgan fingerprint density at radius 1 is 1.00 bits per heavy atom. The van der Waals surface area contributed by atoms with E-state index in [-0.39, 0.29) is 11.4 Å². The van der Waals surface area contributed by atoms with E-state index in [1.807, 2.05) is 30.3 Å². The smallest absolute Gasteiger partial charge is 0.293 e. The van der Waals surface area contributed by atoms with Gasteiger partial charge in [0, 0.05) is 36.1 Å². The molecule has 1 N–H and O–H groups in total. The van der Waals surface area contributed by atoms with Crippen molar-refractivity contribution in [1.82, 2.24) is 19.1 Å². The van der Waals surface area contributed by atoms with Gasteiger partial charge in [-0.3, -0.25) is 23.8 Å². The summed E-state index contributed by atoms with van der Waals surface area (Å²) in [6, 6.07) is 16.6.